The monoisotopic (exact) mass is 590 g/mol. The molecule has 2 amide bonds. The molecular formula is C31H28ClFN4O3S. The van der Waals surface area contributed by atoms with E-state index in [1.807, 2.05) is 36.1 Å². The molecule has 1 fully saturated rings. The number of benzene rings is 2. The van der Waals surface area contributed by atoms with Gasteiger partial charge in [-0.15, -0.1) is 11.3 Å². The normalized spacial score (nSPS) is 18.1. The second-order valence-electron chi connectivity index (χ2n) is 10.5. The summed E-state index contributed by atoms with van der Waals surface area (Å²) in [5.41, 5.74) is 3.45. The Balaban J connectivity index is 1.32. The maximum atomic E-state index is 14.4. The number of aromatic nitrogens is 1. The first-order chi connectivity index (χ1) is 19.7. The summed E-state index contributed by atoms with van der Waals surface area (Å²) >= 11 is 7.71. The summed E-state index contributed by atoms with van der Waals surface area (Å²) < 4.78 is 14.4. The Hall–Kier alpha value is -3.79. The van der Waals surface area contributed by atoms with Crippen LogP contribution in [0.4, 0.5) is 21.6 Å². The highest BCUT2D eigenvalue weighted by Gasteiger charge is 2.31. The number of aryl methyl sites for hydroxylation is 1. The fourth-order valence-electron chi connectivity index (χ4n) is 5.57. The molecule has 210 valence electrons. The average Bonchev–Trinajstić information content (AvgIpc) is 3.49. The number of thiophene rings is 1. The van der Waals surface area contributed by atoms with Crippen molar-refractivity contribution in [2.24, 2.45) is 0 Å². The summed E-state index contributed by atoms with van der Waals surface area (Å²) in [5.74, 6) is -0.479. The van der Waals surface area contributed by atoms with E-state index < -0.39 is 11.9 Å². The van der Waals surface area contributed by atoms with Crippen LogP contribution in [0, 0.1) is 12.7 Å². The van der Waals surface area contributed by atoms with Crippen LogP contribution in [0.25, 0.3) is 10.4 Å². The van der Waals surface area contributed by atoms with Crippen molar-refractivity contribution >= 4 is 51.9 Å². The molecule has 1 saturated heterocycles. The number of rotatable bonds is 4. The molecule has 0 aliphatic carbocycles. The maximum absolute atomic E-state index is 14.4. The molecule has 10 heteroatoms. The highest BCUT2D eigenvalue weighted by atomic mass is 35.5. The number of β-amino-alcohol motifs (C(OH)–C–C–N with tert-alkyl or cyclic N) is 1. The molecule has 0 bridgehead atoms. The van der Waals surface area contributed by atoms with E-state index in [0.29, 0.717) is 58.6 Å². The third-order valence-electron chi connectivity index (χ3n) is 7.64. The minimum absolute atomic E-state index is 0.116. The standard InChI is InChI=1S/C31H28ClFN4O3S/c1-17-5-3-6-23(33)28(17)35-30(39)26-14-19-11-12-36(25-15-20(32)9-10-22(25)29(19)41-26)31(40)24-7-4-8-27(34-24)37-16-21(38)13-18(37)2/h3-10,14-15,18,21,38H,11-13,16H2,1-2H3,(H,35,39)/t18-,21+/m0/s1. The molecule has 41 heavy (non-hydrogen) atoms. The lowest BCUT2D eigenvalue weighted by Gasteiger charge is -2.25. The molecule has 6 rings (SSSR count). The van der Waals surface area contributed by atoms with Gasteiger partial charge in [-0.25, -0.2) is 9.37 Å². The summed E-state index contributed by atoms with van der Waals surface area (Å²) in [4.78, 5) is 36.8. The van der Waals surface area contributed by atoms with Crippen molar-refractivity contribution in [1.29, 1.82) is 0 Å². The first-order valence-corrected chi connectivity index (χ1v) is 14.6. The Kier molecular flexibility index (Phi) is 7.27. The van der Waals surface area contributed by atoms with Crippen LogP contribution < -0.4 is 15.1 Å². The second-order valence-corrected chi connectivity index (χ2v) is 12.0. The van der Waals surface area contributed by atoms with Gasteiger partial charge in [-0.05, 0) is 80.3 Å². The Bertz CT molecular complexity index is 1650. The van der Waals surface area contributed by atoms with Crippen molar-refractivity contribution in [1.82, 2.24) is 4.98 Å². The van der Waals surface area contributed by atoms with Crippen LogP contribution in [0.1, 0.15) is 44.6 Å². The number of aliphatic hydroxyl groups is 1. The molecule has 2 aromatic carbocycles. The van der Waals surface area contributed by atoms with Gasteiger partial charge >= 0.3 is 0 Å². The zero-order valence-corrected chi connectivity index (χ0v) is 24.1. The summed E-state index contributed by atoms with van der Waals surface area (Å²) in [6, 6.07) is 17.3. The van der Waals surface area contributed by atoms with Crippen LogP contribution in [0.3, 0.4) is 0 Å². The average molecular weight is 591 g/mol. The van der Waals surface area contributed by atoms with Gasteiger partial charge in [0.2, 0.25) is 0 Å². The van der Waals surface area contributed by atoms with Gasteiger partial charge in [-0.2, -0.15) is 0 Å². The van der Waals surface area contributed by atoms with Crippen LogP contribution in [-0.2, 0) is 6.42 Å². The van der Waals surface area contributed by atoms with Crippen LogP contribution in [-0.4, -0.2) is 47.1 Å². The van der Waals surface area contributed by atoms with E-state index >= 15 is 0 Å². The lowest BCUT2D eigenvalue weighted by atomic mass is 10.1. The maximum Gasteiger partial charge on any atom is 0.276 e. The summed E-state index contributed by atoms with van der Waals surface area (Å²) in [6.45, 7) is 4.60. The minimum Gasteiger partial charge on any atom is -0.391 e. The smallest absolute Gasteiger partial charge is 0.276 e. The largest absolute Gasteiger partial charge is 0.391 e. The van der Waals surface area contributed by atoms with Crippen molar-refractivity contribution in [3.8, 4) is 10.4 Å². The van der Waals surface area contributed by atoms with Gasteiger partial charge in [-0.3, -0.25) is 9.59 Å². The van der Waals surface area contributed by atoms with Gasteiger partial charge < -0.3 is 20.2 Å². The third kappa shape index (κ3) is 5.21. The van der Waals surface area contributed by atoms with E-state index in [4.69, 9.17) is 11.6 Å². The lowest BCUT2D eigenvalue weighted by molar-refractivity contribution is 0.0981. The number of carbonyl (C=O) groups excluding carboxylic acids is 2. The summed E-state index contributed by atoms with van der Waals surface area (Å²) in [6.07, 6.45) is 0.734. The highest BCUT2D eigenvalue weighted by molar-refractivity contribution is 7.17. The van der Waals surface area contributed by atoms with E-state index in [-0.39, 0.29) is 23.5 Å². The number of fused-ring (bicyclic) bond motifs is 3. The quantitative estimate of drug-likeness (QED) is 0.290. The van der Waals surface area contributed by atoms with E-state index in [1.165, 1.54) is 17.4 Å². The highest BCUT2D eigenvalue weighted by Crippen LogP contribution is 2.43. The molecule has 0 saturated carbocycles. The predicted octanol–water partition coefficient (Wildman–Crippen LogP) is 6.33. The molecule has 0 unspecified atom stereocenters. The summed E-state index contributed by atoms with van der Waals surface area (Å²) in [5, 5.41) is 13.3. The van der Waals surface area contributed by atoms with Crippen molar-refractivity contribution in [2.45, 2.75) is 38.8 Å². The number of aliphatic hydroxyl groups excluding tert-OH is 1. The van der Waals surface area contributed by atoms with Crippen molar-refractivity contribution < 1.29 is 19.1 Å². The Morgan fingerprint density at radius 2 is 1.95 bits per heavy atom. The topological polar surface area (TPSA) is 85.8 Å². The van der Waals surface area contributed by atoms with Crippen molar-refractivity contribution in [3.63, 3.8) is 0 Å². The Labute approximate surface area is 246 Å². The van der Waals surface area contributed by atoms with Crippen LogP contribution >= 0.6 is 22.9 Å². The van der Waals surface area contributed by atoms with Gasteiger partial charge in [0.25, 0.3) is 11.8 Å². The number of carbonyl (C=O) groups is 2. The SMILES string of the molecule is Cc1cccc(F)c1NC(=O)c1cc2c(s1)-c1ccc(Cl)cc1N(C(=O)c1cccc(N3C[C@H](O)C[C@@H]3C)n1)CC2. The van der Waals surface area contributed by atoms with Crippen molar-refractivity contribution in [2.75, 3.05) is 28.2 Å². The van der Waals surface area contributed by atoms with Gasteiger partial charge in [0.15, 0.2) is 0 Å². The number of amides is 2. The molecule has 2 aliphatic heterocycles. The van der Waals surface area contributed by atoms with E-state index in [1.54, 1.807) is 42.2 Å². The predicted molar refractivity (Wildman–Crippen MR) is 161 cm³/mol. The fourth-order valence-corrected chi connectivity index (χ4v) is 6.87. The Morgan fingerprint density at radius 3 is 2.71 bits per heavy atom. The van der Waals surface area contributed by atoms with Gasteiger partial charge in [0.1, 0.15) is 17.3 Å². The first kappa shape index (κ1) is 27.4. The number of hydrogen-bond donors (Lipinski definition) is 2. The van der Waals surface area contributed by atoms with Crippen LogP contribution in [0.5, 0.6) is 0 Å². The molecule has 0 radical (unpaired) electrons. The van der Waals surface area contributed by atoms with Crippen LogP contribution in [0.2, 0.25) is 5.02 Å². The number of nitrogens with zero attached hydrogens (tertiary/aromatic N) is 3. The molecule has 0 spiro atoms. The Morgan fingerprint density at radius 1 is 1.15 bits per heavy atom. The van der Waals surface area contributed by atoms with E-state index in [2.05, 4.69) is 10.3 Å². The number of anilines is 3. The fraction of sp³-hybridized carbons (Fsp3) is 0.258. The molecule has 2 aromatic heterocycles. The third-order valence-corrected chi connectivity index (χ3v) is 9.08. The number of para-hydroxylation sites is 1. The molecular weight excluding hydrogens is 563 g/mol. The number of halogens is 2. The van der Waals surface area contributed by atoms with Gasteiger partial charge in [0, 0.05) is 34.6 Å². The zero-order valence-electron chi connectivity index (χ0n) is 22.5. The molecule has 2 N–H and O–H groups in total. The molecule has 2 atom stereocenters. The van der Waals surface area contributed by atoms with E-state index in [9.17, 15) is 19.1 Å². The lowest BCUT2D eigenvalue weighted by Crippen LogP contribution is -2.34. The summed E-state index contributed by atoms with van der Waals surface area (Å²) in [7, 11) is 0. The number of nitrogens with one attached hydrogen (secondary N) is 1. The molecule has 4 aromatic rings. The first-order valence-electron chi connectivity index (χ1n) is 13.4. The molecule has 2 aliphatic rings. The van der Waals surface area contributed by atoms with Crippen molar-refractivity contribution in [3.05, 3.63) is 93.2 Å². The number of hydrogen-bond acceptors (Lipinski definition) is 6. The van der Waals surface area contributed by atoms with Gasteiger partial charge in [0.05, 0.1) is 22.4 Å². The van der Waals surface area contributed by atoms with Gasteiger partial charge in [-0.1, -0.05) is 29.8 Å². The molecule has 4 heterocycles. The van der Waals surface area contributed by atoms with E-state index in [0.717, 1.165) is 16.0 Å². The minimum atomic E-state index is -0.487. The molecule has 7 nitrogen and oxygen atoms in total. The number of pyridine rings is 1. The van der Waals surface area contributed by atoms with Crippen LogP contribution in [0.15, 0.2) is 60.7 Å². The zero-order chi connectivity index (χ0) is 28.8. The second kappa shape index (κ2) is 10.9.